The van der Waals surface area contributed by atoms with Gasteiger partial charge in [-0.15, -0.1) is 6.58 Å². The Bertz CT molecular complexity index is 1050. The minimum absolute atomic E-state index is 0.327. The maximum Gasteiger partial charge on any atom is 0.101 e. The van der Waals surface area contributed by atoms with Crippen molar-refractivity contribution in [2.45, 2.75) is 54.1 Å². The fourth-order valence-corrected chi connectivity index (χ4v) is 4.69. The van der Waals surface area contributed by atoms with Crippen molar-refractivity contribution in [3.05, 3.63) is 78.4 Å². The van der Waals surface area contributed by atoms with Crippen LogP contribution >= 0.6 is 0 Å². The zero-order chi connectivity index (χ0) is 33.2. The highest BCUT2D eigenvalue weighted by molar-refractivity contribution is 5.67. The zero-order valence-corrected chi connectivity index (χ0v) is 28.7. The van der Waals surface area contributed by atoms with Gasteiger partial charge in [-0.3, -0.25) is 10.7 Å². The lowest BCUT2D eigenvalue weighted by molar-refractivity contribution is 0.110. The van der Waals surface area contributed by atoms with Crippen LogP contribution < -0.4 is 21.0 Å². The number of anilines is 2. The van der Waals surface area contributed by atoms with Crippen LogP contribution in [0.4, 0.5) is 11.4 Å². The lowest BCUT2D eigenvalue weighted by Gasteiger charge is -2.34. The van der Waals surface area contributed by atoms with Crippen molar-refractivity contribution in [1.82, 2.24) is 15.2 Å². The molecule has 2 aliphatic heterocycles. The van der Waals surface area contributed by atoms with E-state index in [9.17, 15) is 5.11 Å². The molecule has 2 fully saturated rings. The van der Waals surface area contributed by atoms with Gasteiger partial charge in [-0.1, -0.05) is 83.2 Å². The molecule has 2 saturated heterocycles. The Kier molecular flexibility index (Phi) is 24.3. The molecule has 0 bridgehead atoms. The van der Waals surface area contributed by atoms with Crippen molar-refractivity contribution in [2.24, 2.45) is 5.84 Å². The Morgan fingerprint density at radius 1 is 1.00 bits per heavy atom. The Labute approximate surface area is 269 Å². The number of rotatable bonds is 8. The second kappa shape index (κ2) is 26.2. The molecule has 44 heavy (non-hydrogen) atoms. The number of hydrogen-bond acceptors (Lipinski definition) is 8. The minimum atomic E-state index is -0.327. The molecule has 2 aliphatic rings. The fourth-order valence-electron chi connectivity index (χ4n) is 4.69. The Morgan fingerprint density at radius 2 is 1.57 bits per heavy atom. The second-order valence-corrected chi connectivity index (χ2v) is 10.0. The van der Waals surface area contributed by atoms with Gasteiger partial charge in [-0.05, 0) is 37.1 Å². The first-order chi connectivity index (χ1) is 21.4. The molecule has 0 aliphatic carbocycles. The van der Waals surface area contributed by atoms with E-state index in [0.717, 1.165) is 76.6 Å². The number of aliphatic hydroxyl groups excluding tert-OH is 1. The molecular weight excluding hydrogens is 546 g/mol. The molecule has 246 valence electrons. The molecule has 1 unspecified atom stereocenters. The summed E-state index contributed by atoms with van der Waals surface area (Å²) in [4.78, 5) is 6.70. The van der Waals surface area contributed by atoms with E-state index < -0.39 is 0 Å². The van der Waals surface area contributed by atoms with E-state index in [1.165, 1.54) is 11.3 Å². The lowest BCUT2D eigenvalue weighted by Crippen LogP contribution is -2.49. The normalized spacial score (nSPS) is 15.4. The van der Waals surface area contributed by atoms with Crippen LogP contribution in [-0.4, -0.2) is 93.6 Å². The first-order valence-electron chi connectivity index (χ1n) is 16.3. The van der Waals surface area contributed by atoms with Gasteiger partial charge in [-0.25, -0.2) is 5.01 Å². The highest BCUT2D eigenvalue weighted by Gasteiger charge is 2.17. The first-order valence-corrected chi connectivity index (χ1v) is 16.3. The van der Waals surface area contributed by atoms with Gasteiger partial charge in [-0.2, -0.15) is 5.26 Å². The van der Waals surface area contributed by atoms with Gasteiger partial charge >= 0.3 is 0 Å². The van der Waals surface area contributed by atoms with Crippen molar-refractivity contribution in [2.75, 3.05) is 82.3 Å². The monoisotopic (exact) mass is 607 g/mol. The van der Waals surface area contributed by atoms with Gasteiger partial charge in [0.05, 0.1) is 17.4 Å². The van der Waals surface area contributed by atoms with Crippen molar-refractivity contribution < 1.29 is 5.11 Å². The Morgan fingerprint density at radius 3 is 2.16 bits per heavy atom. The average Bonchev–Trinajstić information content (AvgIpc) is 3.07. The zero-order valence-electron chi connectivity index (χ0n) is 28.7. The third kappa shape index (κ3) is 16.0. The third-order valence-corrected chi connectivity index (χ3v) is 6.72. The number of nitrogens with two attached hydrogens (primary N) is 1. The highest BCUT2D eigenvalue weighted by Crippen LogP contribution is 2.22. The van der Waals surface area contributed by atoms with Crippen LogP contribution in [0.3, 0.4) is 0 Å². The third-order valence-electron chi connectivity index (χ3n) is 6.72. The number of allylic oxidation sites excluding steroid dienone is 2. The summed E-state index contributed by atoms with van der Waals surface area (Å²) in [6.07, 6.45) is 6.79. The number of aliphatic hydroxyl groups is 1. The van der Waals surface area contributed by atoms with E-state index in [1.807, 2.05) is 63.9 Å². The number of likely N-dealkylation sites (N-methyl/N-ethyl adjacent to an activating group) is 1. The summed E-state index contributed by atoms with van der Waals surface area (Å²) in [6, 6.07) is 18.3. The predicted molar refractivity (Wildman–Crippen MR) is 192 cm³/mol. The summed E-state index contributed by atoms with van der Waals surface area (Å²) in [5.74, 6) is 5.69. The molecule has 4 N–H and O–H groups in total. The molecule has 8 heteroatoms. The lowest BCUT2D eigenvalue weighted by atomic mass is 10.1. The molecule has 0 saturated carbocycles. The van der Waals surface area contributed by atoms with E-state index >= 15 is 0 Å². The SMILES string of the molecule is C=CC.CC.CC.CC/C=C/c1ccccc1N(C)CC(O)CN1CCNCC1.N#Cc1ccccc1N1CCN(N)CC1. The van der Waals surface area contributed by atoms with Crippen molar-refractivity contribution in [1.29, 1.82) is 5.26 Å². The molecule has 8 nitrogen and oxygen atoms in total. The number of nitrogens with zero attached hydrogens (tertiary/aromatic N) is 5. The highest BCUT2D eigenvalue weighted by atomic mass is 16.3. The van der Waals surface area contributed by atoms with Gasteiger partial charge in [0.2, 0.25) is 0 Å². The largest absolute Gasteiger partial charge is 0.390 e. The van der Waals surface area contributed by atoms with Crippen molar-refractivity contribution in [3.8, 4) is 6.07 Å². The topological polar surface area (TPSA) is 95.0 Å². The molecule has 0 aromatic heterocycles. The average molecular weight is 608 g/mol. The van der Waals surface area contributed by atoms with Gasteiger partial charge in [0.1, 0.15) is 6.07 Å². The van der Waals surface area contributed by atoms with E-state index in [2.05, 4.69) is 83.1 Å². The molecule has 2 heterocycles. The van der Waals surface area contributed by atoms with Crippen LogP contribution in [0, 0.1) is 11.3 Å². The quantitative estimate of drug-likeness (QED) is 0.263. The fraction of sp³-hybridized carbons (Fsp3) is 0.528. The van der Waals surface area contributed by atoms with Crippen LogP contribution in [0.1, 0.15) is 59.1 Å². The molecule has 4 rings (SSSR count). The van der Waals surface area contributed by atoms with Crippen molar-refractivity contribution in [3.63, 3.8) is 0 Å². The van der Waals surface area contributed by atoms with E-state index in [-0.39, 0.29) is 6.10 Å². The number of para-hydroxylation sites is 2. The van der Waals surface area contributed by atoms with Gasteiger partial charge in [0.25, 0.3) is 0 Å². The first kappa shape index (κ1) is 40.8. The Balaban J connectivity index is 0.000000728. The van der Waals surface area contributed by atoms with Crippen LogP contribution in [0.25, 0.3) is 6.08 Å². The van der Waals surface area contributed by atoms with Gasteiger partial charge < -0.3 is 20.2 Å². The molecule has 2 aromatic rings. The number of hydrogen-bond donors (Lipinski definition) is 3. The predicted octanol–water partition coefficient (Wildman–Crippen LogP) is 5.61. The molecule has 2 aromatic carbocycles. The molecule has 0 spiro atoms. The van der Waals surface area contributed by atoms with Gasteiger partial charge in [0.15, 0.2) is 0 Å². The van der Waals surface area contributed by atoms with Crippen LogP contribution in [-0.2, 0) is 0 Å². The number of piperazine rings is 2. The molecular formula is C36H61N7O. The van der Waals surface area contributed by atoms with E-state index in [0.29, 0.717) is 6.54 Å². The number of benzene rings is 2. The smallest absolute Gasteiger partial charge is 0.101 e. The van der Waals surface area contributed by atoms with Crippen molar-refractivity contribution >= 4 is 17.5 Å². The van der Waals surface area contributed by atoms with Crippen LogP contribution in [0.15, 0.2) is 67.3 Å². The summed E-state index contributed by atoms with van der Waals surface area (Å²) in [7, 11) is 2.06. The summed E-state index contributed by atoms with van der Waals surface area (Å²) < 4.78 is 0. The standard InChI is InChI=1S/C18H29N3O.C11H14N4.C3H6.2C2H6/c1-3-4-7-16-8-5-6-9-18(16)20(2)14-17(22)15-21-12-10-19-11-13-21;12-9-10-3-1-2-4-11(10)14-5-7-15(13)8-6-14;1-3-2;2*1-2/h4-9,17,19,22H,3,10-15H2,1-2H3;1-4H,5-8,13H2;3H,1H2,2H3;2*1-2H3/b7-4+;;;;. The summed E-state index contributed by atoms with van der Waals surface area (Å²) in [5.41, 5.74) is 4.14. The number of β-amino-alcohol motifs (C(OH)–C–C–N with tert-alkyl or cyclic N) is 1. The summed E-state index contributed by atoms with van der Waals surface area (Å²) in [5, 5.41) is 24.5. The maximum atomic E-state index is 10.4. The molecule has 0 radical (unpaired) electrons. The molecule has 0 amide bonds. The van der Waals surface area contributed by atoms with Gasteiger partial charge in [0, 0.05) is 78.2 Å². The van der Waals surface area contributed by atoms with Crippen LogP contribution in [0.2, 0.25) is 0 Å². The van der Waals surface area contributed by atoms with Crippen LogP contribution in [0.5, 0.6) is 0 Å². The summed E-state index contributed by atoms with van der Waals surface area (Å²) >= 11 is 0. The molecule has 1 atom stereocenters. The minimum Gasteiger partial charge on any atom is -0.390 e. The number of nitriles is 1. The summed E-state index contributed by atoms with van der Waals surface area (Å²) in [6.45, 7) is 24.3. The van der Waals surface area contributed by atoms with E-state index in [4.69, 9.17) is 11.1 Å². The number of nitrogens with one attached hydrogen (secondary N) is 1. The van der Waals surface area contributed by atoms with E-state index in [1.54, 1.807) is 6.08 Å². The maximum absolute atomic E-state index is 10.4. The Hall–Kier alpha value is -3.19. The second-order valence-electron chi connectivity index (χ2n) is 10.0. The number of hydrazine groups is 1.